The summed E-state index contributed by atoms with van der Waals surface area (Å²) in [6, 6.07) is 17.6. The van der Waals surface area contributed by atoms with Crippen molar-refractivity contribution in [2.24, 2.45) is 0 Å². The molecular formula is C22H21N5O2S. The Labute approximate surface area is 178 Å². The van der Waals surface area contributed by atoms with Crippen molar-refractivity contribution in [1.82, 2.24) is 24.6 Å². The molecular weight excluding hydrogens is 398 g/mol. The molecule has 0 atom stereocenters. The Bertz CT molecular complexity index is 1080. The van der Waals surface area contributed by atoms with Crippen LogP contribution in [0.15, 0.2) is 82.8 Å². The van der Waals surface area contributed by atoms with E-state index in [1.807, 2.05) is 59.2 Å². The molecule has 0 radical (unpaired) electrons. The number of benzene rings is 1. The standard InChI is InChI=1S/C22H21N5O2S/c1-26(14-18-9-5-11-23-13-18)20(28)16-30-22-25-24-21(19-10-6-12-29-19)27(22)15-17-7-3-2-4-8-17/h2-13H,14-16H2,1H3. The van der Waals surface area contributed by atoms with Gasteiger partial charge in [-0.3, -0.25) is 14.3 Å². The molecule has 0 aliphatic carbocycles. The highest BCUT2D eigenvalue weighted by atomic mass is 32.2. The Morgan fingerprint density at radius 3 is 2.63 bits per heavy atom. The highest BCUT2D eigenvalue weighted by Gasteiger charge is 2.19. The van der Waals surface area contributed by atoms with E-state index in [1.165, 1.54) is 11.8 Å². The lowest BCUT2D eigenvalue weighted by molar-refractivity contribution is -0.127. The normalized spacial score (nSPS) is 10.8. The zero-order valence-electron chi connectivity index (χ0n) is 16.5. The molecule has 0 unspecified atom stereocenters. The summed E-state index contributed by atoms with van der Waals surface area (Å²) in [5.41, 5.74) is 2.11. The second-order valence-corrected chi connectivity index (χ2v) is 7.70. The summed E-state index contributed by atoms with van der Waals surface area (Å²) in [4.78, 5) is 18.4. The number of amides is 1. The summed E-state index contributed by atoms with van der Waals surface area (Å²) < 4.78 is 7.51. The number of hydrogen-bond acceptors (Lipinski definition) is 6. The molecule has 0 saturated heterocycles. The molecule has 0 spiro atoms. The van der Waals surface area contributed by atoms with Gasteiger partial charge in [-0.2, -0.15) is 0 Å². The zero-order chi connectivity index (χ0) is 20.8. The summed E-state index contributed by atoms with van der Waals surface area (Å²) in [6.07, 6.45) is 5.10. The van der Waals surface area contributed by atoms with Crippen molar-refractivity contribution in [2.45, 2.75) is 18.2 Å². The van der Waals surface area contributed by atoms with Crippen molar-refractivity contribution in [3.8, 4) is 11.6 Å². The number of hydrogen-bond donors (Lipinski definition) is 0. The van der Waals surface area contributed by atoms with Crippen LogP contribution in [0.1, 0.15) is 11.1 Å². The maximum absolute atomic E-state index is 12.6. The molecule has 3 heterocycles. The molecule has 0 aliphatic rings. The van der Waals surface area contributed by atoms with E-state index in [-0.39, 0.29) is 11.7 Å². The van der Waals surface area contributed by atoms with Crippen LogP contribution in [-0.2, 0) is 17.9 Å². The second kappa shape index (κ2) is 9.41. The lowest BCUT2D eigenvalue weighted by atomic mass is 10.2. The van der Waals surface area contributed by atoms with Crippen molar-refractivity contribution >= 4 is 17.7 Å². The van der Waals surface area contributed by atoms with Gasteiger partial charge in [-0.25, -0.2) is 0 Å². The molecule has 0 aliphatic heterocycles. The molecule has 0 bridgehead atoms. The molecule has 0 fully saturated rings. The van der Waals surface area contributed by atoms with E-state index >= 15 is 0 Å². The quantitative estimate of drug-likeness (QED) is 0.405. The van der Waals surface area contributed by atoms with Crippen LogP contribution in [0.2, 0.25) is 0 Å². The first-order valence-electron chi connectivity index (χ1n) is 9.47. The van der Waals surface area contributed by atoms with Crippen LogP contribution in [0.4, 0.5) is 0 Å². The largest absolute Gasteiger partial charge is 0.461 e. The summed E-state index contributed by atoms with van der Waals surface area (Å²) in [5.74, 6) is 1.56. The van der Waals surface area contributed by atoms with Crippen LogP contribution in [0, 0.1) is 0 Å². The highest BCUT2D eigenvalue weighted by molar-refractivity contribution is 7.99. The van der Waals surface area contributed by atoms with Crippen molar-refractivity contribution in [1.29, 1.82) is 0 Å². The van der Waals surface area contributed by atoms with E-state index in [4.69, 9.17) is 4.42 Å². The summed E-state index contributed by atoms with van der Waals surface area (Å²) in [7, 11) is 1.79. The van der Waals surface area contributed by atoms with Crippen molar-refractivity contribution in [2.75, 3.05) is 12.8 Å². The van der Waals surface area contributed by atoms with Gasteiger partial charge in [0.2, 0.25) is 11.7 Å². The third-order valence-electron chi connectivity index (χ3n) is 4.53. The maximum atomic E-state index is 12.6. The molecule has 1 amide bonds. The Hall–Kier alpha value is -3.39. The summed E-state index contributed by atoms with van der Waals surface area (Å²) in [5, 5.41) is 9.30. The molecule has 3 aromatic heterocycles. The second-order valence-electron chi connectivity index (χ2n) is 6.75. The minimum atomic E-state index is 0.0117. The fourth-order valence-corrected chi connectivity index (χ4v) is 3.86. The predicted octanol–water partition coefficient (Wildman–Crippen LogP) is 3.73. The number of carbonyl (C=O) groups excluding carboxylic acids is 1. The minimum absolute atomic E-state index is 0.0117. The third-order valence-corrected chi connectivity index (χ3v) is 5.49. The van der Waals surface area contributed by atoms with Crippen LogP contribution in [-0.4, -0.2) is 43.4 Å². The lowest BCUT2D eigenvalue weighted by Gasteiger charge is -2.17. The number of rotatable bonds is 8. The summed E-state index contributed by atoms with van der Waals surface area (Å²) >= 11 is 1.37. The van der Waals surface area contributed by atoms with Crippen LogP contribution in [0.3, 0.4) is 0 Å². The minimum Gasteiger partial charge on any atom is -0.461 e. The smallest absolute Gasteiger partial charge is 0.233 e. The van der Waals surface area contributed by atoms with E-state index in [1.54, 1.807) is 30.6 Å². The van der Waals surface area contributed by atoms with Crippen LogP contribution in [0.25, 0.3) is 11.6 Å². The molecule has 0 N–H and O–H groups in total. The number of thioether (sulfide) groups is 1. The van der Waals surface area contributed by atoms with Gasteiger partial charge in [0.15, 0.2) is 10.9 Å². The first-order chi connectivity index (χ1) is 14.7. The average Bonchev–Trinajstić information content (AvgIpc) is 3.43. The molecule has 8 heteroatoms. The molecule has 4 aromatic rings. The van der Waals surface area contributed by atoms with Gasteiger partial charge in [0.05, 0.1) is 18.6 Å². The highest BCUT2D eigenvalue weighted by Crippen LogP contribution is 2.25. The van der Waals surface area contributed by atoms with Gasteiger partial charge in [-0.15, -0.1) is 10.2 Å². The average molecular weight is 420 g/mol. The fourth-order valence-electron chi connectivity index (χ4n) is 2.98. The van der Waals surface area contributed by atoms with Crippen LogP contribution >= 0.6 is 11.8 Å². The van der Waals surface area contributed by atoms with Crippen molar-refractivity contribution in [3.63, 3.8) is 0 Å². The monoisotopic (exact) mass is 419 g/mol. The number of furan rings is 1. The van der Waals surface area contributed by atoms with Gasteiger partial charge in [0.25, 0.3) is 0 Å². The van der Waals surface area contributed by atoms with Crippen LogP contribution < -0.4 is 0 Å². The number of carbonyl (C=O) groups is 1. The van der Waals surface area contributed by atoms with E-state index in [0.29, 0.717) is 29.8 Å². The van der Waals surface area contributed by atoms with E-state index in [2.05, 4.69) is 15.2 Å². The number of aromatic nitrogens is 4. The van der Waals surface area contributed by atoms with E-state index in [0.717, 1.165) is 11.1 Å². The first-order valence-corrected chi connectivity index (χ1v) is 10.5. The van der Waals surface area contributed by atoms with Gasteiger partial charge in [-0.1, -0.05) is 48.2 Å². The van der Waals surface area contributed by atoms with E-state index in [9.17, 15) is 4.79 Å². The maximum Gasteiger partial charge on any atom is 0.233 e. The molecule has 152 valence electrons. The molecule has 7 nitrogen and oxygen atoms in total. The number of pyridine rings is 1. The van der Waals surface area contributed by atoms with E-state index < -0.39 is 0 Å². The molecule has 30 heavy (non-hydrogen) atoms. The summed E-state index contributed by atoms with van der Waals surface area (Å²) in [6.45, 7) is 1.10. The van der Waals surface area contributed by atoms with Gasteiger partial charge in [0.1, 0.15) is 0 Å². The third kappa shape index (κ3) is 4.77. The van der Waals surface area contributed by atoms with Gasteiger partial charge < -0.3 is 9.32 Å². The molecule has 4 rings (SSSR count). The lowest BCUT2D eigenvalue weighted by Crippen LogP contribution is -2.28. The molecule has 1 aromatic carbocycles. The Morgan fingerprint density at radius 2 is 1.90 bits per heavy atom. The zero-order valence-corrected chi connectivity index (χ0v) is 17.3. The number of nitrogens with zero attached hydrogens (tertiary/aromatic N) is 5. The van der Waals surface area contributed by atoms with Gasteiger partial charge in [-0.05, 0) is 29.3 Å². The fraction of sp³-hybridized carbons (Fsp3) is 0.182. The van der Waals surface area contributed by atoms with Crippen LogP contribution in [0.5, 0.6) is 0 Å². The van der Waals surface area contributed by atoms with Gasteiger partial charge >= 0.3 is 0 Å². The molecule has 0 saturated carbocycles. The van der Waals surface area contributed by atoms with Crippen molar-refractivity contribution < 1.29 is 9.21 Å². The van der Waals surface area contributed by atoms with Crippen molar-refractivity contribution in [3.05, 3.63) is 84.4 Å². The first kappa shape index (κ1) is 19.9. The van der Waals surface area contributed by atoms with Gasteiger partial charge in [0, 0.05) is 26.0 Å². The SMILES string of the molecule is CN(Cc1cccnc1)C(=O)CSc1nnc(-c2ccco2)n1Cc1ccccc1. The Balaban J connectivity index is 1.48. The Kier molecular flexibility index (Phi) is 6.24. The Morgan fingerprint density at radius 1 is 1.07 bits per heavy atom. The predicted molar refractivity (Wildman–Crippen MR) is 115 cm³/mol. The topological polar surface area (TPSA) is 77.1 Å².